The third-order valence-electron chi connectivity index (χ3n) is 4.27. The van der Waals surface area contributed by atoms with E-state index in [9.17, 15) is 9.59 Å². The van der Waals surface area contributed by atoms with Gasteiger partial charge >= 0.3 is 0 Å². The number of piperidine rings is 1. The Labute approximate surface area is 149 Å². The summed E-state index contributed by atoms with van der Waals surface area (Å²) in [6.45, 7) is 5.40. The maximum atomic E-state index is 12.8. The van der Waals surface area contributed by atoms with Crippen molar-refractivity contribution in [3.8, 4) is 0 Å². The topological polar surface area (TPSA) is 79.5 Å². The summed E-state index contributed by atoms with van der Waals surface area (Å²) in [5.74, 6) is -0.163. The van der Waals surface area contributed by atoms with Crippen LogP contribution in [0.25, 0.3) is 0 Å². The molecule has 2 rings (SSSR count). The van der Waals surface area contributed by atoms with Gasteiger partial charge < -0.3 is 20.7 Å². The second kappa shape index (κ2) is 9.01. The molecule has 1 aromatic carbocycles. The van der Waals surface area contributed by atoms with Crippen LogP contribution in [0.5, 0.6) is 0 Å². The standard InChI is InChI=1S/C17H25N3O3.ClH/c1-12-4-5-14(10-15(12)19-13(2)21)20-16(22)17(11-23-3)6-8-18-9-7-17;/h4-5,10,18H,6-9,11H2,1-3H3,(H,19,21)(H,20,22);1H. The SMILES string of the molecule is COCC1(C(=O)Nc2ccc(C)c(NC(C)=O)c2)CCNCC1.Cl. The Morgan fingerprint density at radius 3 is 2.50 bits per heavy atom. The Morgan fingerprint density at radius 2 is 1.92 bits per heavy atom. The van der Waals surface area contributed by atoms with Crippen molar-refractivity contribution in [1.29, 1.82) is 0 Å². The van der Waals surface area contributed by atoms with E-state index >= 15 is 0 Å². The van der Waals surface area contributed by atoms with Crippen LogP contribution in [0.1, 0.15) is 25.3 Å². The molecule has 0 radical (unpaired) electrons. The van der Waals surface area contributed by atoms with Gasteiger partial charge in [-0.3, -0.25) is 9.59 Å². The second-order valence-electron chi connectivity index (χ2n) is 6.13. The van der Waals surface area contributed by atoms with Crippen molar-refractivity contribution in [1.82, 2.24) is 5.32 Å². The first-order valence-electron chi connectivity index (χ1n) is 7.86. The van der Waals surface area contributed by atoms with Crippen molar-refractivity contribution < 1.29 is 14.3 Å². The molecule has 0 aromatic heterocycles. The molecule has 0 spiro atoms. The van der Waals surface area contributed by atoms with E-state index in [1.54, 1.807) is 13.2 Å². The molecule has 1 aromatic rings. The van der Waals surface area contributed by atoms with Crippen LogP contribution in [0.15, 0.2) is 18.2 Å². The largest absolute Gasteiger partial charge is 0.384 e. The molecule has 1 saturated heterocycles. The first kappa shape index (κ1) is 20.4. The minimum Gasteiger partial charge on any atom is -0.384 e. The number of carbonyl (C=O) groups is 2. The van der Waals surface area contributed by atoms with E-state index in [-0.39, 0.29) is 24.2 Å². The number of hydrogen-bond acceptors (Lipinski definition) is 4. The smallest absolute Gasteiger partial charge is 0.233 e. The summed E-state index contributed by atoms with van der Waals surface area (Å²) < 4.78 is 5.29. The lowest BCUT2D eigenvalue weighted by Crippen LogP contribution is -2.47. The highest BCUT2D eigenvalue weighted by molar-refractivity contribution is 5.97. The van der Waals surface area contributed by atoms with Crippen LogP contribution in [0.4, 0.5) is 11.4 Å². The Balaban J connectivity index is 0.00000288. The summed E-state index contributed by atoms with van der Waals surface area (Å²) in [7, 11) is 1.62. The van der Waals surface area contributed by atoms with Gasteiger partial charge in [-0.25, -0.2) is 0 Å². The van der Waals surface area contributed by atoms with Gasteiger partial charge in [0.1, 0.15) is 0 Å². The molecule has 0 bridgehead atoms. The van der Waals surface area contributed by atoms with Crippen LogP contribution in [0, 0.1) is 12.3 Å². The van der Waals surface area contributed by atoms with Crippen molar-refractivity contribution in [2.45, 2.75) is 26.7 Å². The van der Waals surface area contributed by atoms with E-state index < -0.39 is 5.41 Å². The molecule has 24 heavy (non-hydrogen) atoms. The van der Waals surface area contributed by atoms with Crippen molar-refractivity contribution in [2.75, 3.05) is 37.4 Å². The lowest BCUT2D eigenvalue weighted by Gasteiger charge is -2.35. The number of rotatable bonds is 5. The van der Waals surface area contributed by atoms with Crippen molar-refractivity contribution in [2.24, 2.45) is 5.41 Å². The third kappa shape index (κ3) is 4.93. The van der Waals surface area contributed by atoms with Gasteiger partial charge in [0.15, 0.2) is 0 Å². The van der Waals surface area contributed by atoms with Gasteiger partial charge in [-0.15, -0.1) is 12.4 Å². The fourth-order valence-corrected chi connectivity index (χ4v) is 2.91. The van der Waals surface area contributed by atoms with E-state index in [1.807, 2.05) is 19.1 Å². The van der Waals surface area contributed by atoms with Crippen molar-refractivity contribution >= 4 is 35.6 Å². The fraction of sp³-hybridized carbons (Fsp3) is 0.529. The van der Waals surface area contributed by atoms with Crippen molar-refractivity contribution in [3.63, 3.8) is 0 Å². The molecular formula is C17H26ClN3O3. The summed E-state index contributed by atoms with van der Waals surface area (Å²) in [4.78, 5) is 24.1. The predicted octanol–water partition coefficient (Wildman–Crippen LogP) is 2.33. The summed E-state index contributed by atoms with van der Waals surface area (Å²) in [6, 6.07) is 5.52. The molecule has 7 heteroatoms. The highest BCUT2D eigenvalue weighted by atomic mass is 35.5. The molecule has 1 aliphatic heterocycles. The average Bonchev–Trinajstić information content (AvgIpc) is 2.51. The van der Waals surface area contributed by atoms with E-state index in [1.165, 1.54) is 6.92 Å². The van der Waals surface area contributed by atoms with Gasteiger partial charge in [-0.2, -0.15) is 0 Å². The second-order valence-corrected chi connectivity index (χ2v) is 6.13. The summed E-state index contributed by atoms with van der Waals surface area (Å²) in [5, 5.41) is 9.03. The van der Waals surface area contributed by atoms with Crippen LogP contribution in [0.2, 0.25) is 0 Å². The molecule has 0 atom stereocenters. The molecule has 2 amide bonds. The highest BCUT2D eigenvalue weighted by Crippen LogP contribution is 2.31. The minimum absolute atomic E-state index is 0. The number of carbonyl (C=O) groups excluding carboxylic acids is 2. The lowest BCUT2D eigenvalue weighted by atomic mass is 9.78. The van der Waals surface area contributed by atoms with Crippen LogP contribution in [-0.4, -0.2) is 38.6 Å². The fourth-order valence-electron chi connectivity index (χ4n) is 2.91. The molecule has 134 valence electrons. The number of halogens is 1. The molecular weight excluding hydrogens is 330 g/mol. The van der Waals surface area contributed by atoms with Gasteiger partial charge in [0, 0.05) is 25.4 Å². The van der Waals surface area contributed by atoms with Crippen molar-refractivity contribution in [3.05, 3.63) is 23.8 Å². The van der Waals surface area contributed by atoms with Crippen LogP contribution in [0.3, 0.4) is 0 Å². The van der Waals surface area contributed by atoms with Gasteiger partial charge in [-0.1, -0.05) is 6.07 Å². The molecule has 1 fully saturated rings. The molecule has 3 N–H and O–H groups in total. The van der Waals surface area contributed by atoms with Gasteiger partial charge in [0.05, 0.1) is 12.0 Å². The number of amides is 2. The first-order valence-corrected chi connectivity index (χ1v) is 7.86. The van der Waals surface area contributed by atoms with Crippen LogP contribution >= 0.6 is 12.4 Å². The van der Waals surface area contributed by atoms with E-state index in [0.717, 1.165) is 31.5 Å². The summed E-state index contributed by atoms with van der Waals surface area (Å²) in [6.07, 6.45) is 1.49. The number of benzene rings is 1. The number of ether oxygens (including phenoxy) is 1. The number of hydrogen-bond donors (Lipinski definition) is 3. The zero-order valence-electron chi connectivity index (χ0n) is 14.4. The average molecular weight is 356 g/mol. The number of methoxy groups -OCH3 is 1. The molecule has 1 heterocycles. The molecule has 0 unspecified atom stereocenters. The van der Waals surface area contributed by atoms with Crippen LogP contribution in [-0.2, 0) is 14.3 Å². The van der Waals surface area contributed by atoms with Gasteiger partial charge in [0.2, 0.25) is 11.8 Å². The highest BCUT2D eigenvalue weighted by Gasteiger charge is 2.39. The molecule has 1 aliphatic rings. The Hall–Kier alpha value is -1.63. The predicted molar refractivity (Wildman–Crippen MR) is 97.8 cm³/mol. The number of aryl methyl sites for hydroxylation is 1. The minimum atomic E-state index is -0.501. The molecule has 0 saturated carbocycles. The van der Waals surface area contributed by atoms with E-state index in [2.05, 4.69) is 16.0 Å². The molecule has 6 nitrogen and oxygen atoms in total. The Bertz CT molecular complexity index is 581. The Morgan fingerprint density at radius 1 is 1.25 bits per heavy atom. The van der Waals surface area contributed by atoms with E-state index in [4.69, 9.17) is 4.74 Å². The summed E-state index contributed by atoms with van der Waals surface area (Å²) in [5.41, 5.74) is 1.84. The zero-order chi connectivity index (χ0) is 16.9. The van der Waals surface area contributed by atoms with E-state index in [0.29, 0.717) is 18.0 Å². The zero-order valence-corrected chi connectivity index (χ0v) is 15.2. The molecule has 0 aliphatic carbocycles. The quantitative estimate of drug-likeness (QED) is 0.757. The first-order chi connectivity index (χ1) is 11.0. The summed E-state index contributed by atoms with van der Waals surface area (Å²) >= 11 is 0. The maximum absolute atomic E-state index is 12.8. The monoisotopic (exact) mass is 355 g/mol. The lowest BCUT2D eigenvalue weighted by molar-refractivity contribution is -0.130. The van der Waals surface area contributed by atoms with Gasteiger partial charge in [0.25, 0.3) is 0 Å². The third-order valence-corrected chi connectivity index (χ3v) is 4.27. The van der Waals surface area contributed by atoms with Crippen LogP contribution < -0.4 is 16.0 Å². The number of anilines is 2. The normalized spacial score (nSPS) is 16.0. The number of nitrogens with one attached hydrogen (secondary N) is 3. The maximum Gasteiger partial charge on any atom is 0.233 e. The Kier molecular flexibility index (Phi) is 7.66. The van der Waals surface area contributed by atoms with Gasteiger partial charge in [-0.05, 0) is 50.6 Å².